The van der Waals surface area contributed by atoms with E-state index in [1.165, 1.54) is 18.2 Å². The third-order valence-corrected chi connectivity index (χ3v) is 2.47. The Balaban J connectivity index is 0.000000220. The highest BCUT2D eigenvalue weighted by Crippen LogP contribution is 2.18. The second-order valence-corrected chi connectivity index (χ2v) is 4.20. The van der Waals surface area contributed by atoms with E-state index in [9.17, 15) is 22.8 Å². The van der Waals surface area contributed by atoms with Crippen molar-refractivity contribution in [2.75, 3.05) is 0 Å². The van der Waals surface area contributed by atoms with Gasteiger partial charge in [0, 0.05) is 17.3 Å². The van der Waals surface area contributed by atoms with E-state index in [2.05, 4.69) is 4.89 Å². The van der Waals surface area contributed by atoms with Crippen molar-refractivity contribution in [3.8, 4) is 0 Å². The minimum atomic E-state index is -4.61. The largest absolute Gasteiger partial charge is 0.491 e. The zero-order valence-electron chi connectivity index (χ0n) is 10.7. The molecule has 5 nitrogen and oxygen atoms in total. The van der Waals surface area contributed by atoms with E-state index < -0.39 is 17.8 Å². The molecule has 9 heteroatoms. The number of nitrogens with zero attached hydrogens (tertiary/aromatic N) is 1. The summed E-state index contributed by atoms with van der Waals surface area (Å²) in [6, 6.07) is 9.36. The maximum Gasteiger partial charge on any atom is 0.491 e. The lowest BCUT2D eigenvalue weighted by Crippen LogP contribution is -2.29. The van der Waals surface area contributed by atoms with Crippen molar-refractivity contribution in [2.24, 2.45) is 0 Å². The van der Waals surface area contributed by atoms with Gasteiger partial charge in [0.15, 0.2) is 0 Å². The molecule has 118 valence electrons. The highest BCUT2D eigenvalue weighted by molar-refractivity contribution is 6.30. The van der Waals surface area contributed by atoms with Crippen molar-refractivity contribution >= 4 is 17.6 Å². The van der Waals surface area contributed by atoms with Gasteiger partial charge in [-0.05, 0) is 24.3 Å². The lowest BCUT2D eigenvalue weighted by molar-refractivity contribution is -0.206. The highest BCUT2D eigenvalue weighted by Gasteiger charge is 2.30. The van der Waals surface area contributed by atoms with Crippen molar-refractivity contribution in [3.63, 3.8) is 0 Å². The lowest BCUT2D eigenvalue weighted by Gasteiger charge is -2.07. The summed E-state index contributed by atoms with van der Waals surface area (Å²) < 4.78 is 35.2. The highest BCUT2D eigenvalue weighted by atomic mass is 35.5. The maximum atomic E-state index is 11.8. The van der Waals surface area contributed by atoms with Gasteiger partial charge in [-0.2, -0.15) is 5.26 Å². The molecule has 0 aliphatic heterocycles. The number of halogens is 4. The second-order valence-electron chi connectivity index (χ2n) is 3.77. The Bertz CT molecular complexity index is 700. The van der Waals surface area contributed by atoms with Crippen molar-refractivity contribution in [2.45, 2.75) is 6.30 Å². The topological polar surface area (TPSA) is 68.5 Å². The van der Waals surface area contributed by atoms with Crippen LogP contribution in [0.1, 0.15) is 10.4 Å². The number of hydrogen-bond acceptors (Lipinski definition) is 4. The molecular weight excluding hydrogens is 327 g/mol. The quantitative estimate of drug-likeness (QED) is 0.641. The molecule has 0 atom stereocenters. The van der Waals surface area contributed by atoms with Crippen LogP contribution in [0.5, 0.6) is 0 Å². The fourth-order valence-corrected chi connectivity index (χ4v) is 1.50. The SMILES string of the molecule is O=C(OO)c1cccc(Cl)c1.O=c1ccccn1C(F)(F)F. The van der Waals surface area contributed by atoms with Crippen LogP contribution in [-0.2, 0) is 11.2 Å². The number of aromatic nitrogens is 1. The molecule has 1 heterocycles. The fourth-order valence-electron chi connectivity index (χ4n) is 1.31. The first kappa shape index (κ1) is 17.7. The minimum absolute atomic E-state index is 0.222. The van der Waals surface area contributed by atoms with Gasteiger partial charge in [0.25, 0.3) is 5.56 Å². The van der Waals surface area contributed by atoms with Crippen molar-refractivity contribution < 1.29 is 28.1 Å². The molecule has 0 saturated carbocycles. The van der Waals surface area contributed by atoms with Crippen LogP contribution in [0.3, 0.4) is 0 Å². The van der Waals surface area contributed by atoms with E-state index in [1.807, 2.05) is 0 Å². The molecule has 0 unspecified atom stereocenters. The van der Waals surface area contributed by atoms with E-state index in [-0.39, 0.29) is 10.1 Å². The predicted octanol–water partition coefficient (Wildman–Crippen LogP) is 3.29. The average molecular weight is 336 g/mol. The van der Waals surface area contributed by atoms with Gasteiger partial charge >= 0.3 is 12.3 Å². The minimum Gasteiger partial charge on any atom is -0.296 e. The van der Waals surface area contributed by atoms with Crippen LogP contribution in [0.2, 0.25) is 5.02 Å². The van der Waals surface area contributed by atoms with E-state index in [1.54, 1.807) is 12.1 Å². The van der Waals surface area contributed by atoms with Crippen molar-refractivity contribution in [1.82, 2.24) is 4.57 Å². The Kier molecular flexibility index (Phi) is 6.14. The molecule has 2 rings (SSSR count). The van der Waals surface area contributed by atoms with Crippen LogP contribution in [0.15, 0.2) is 53.5 Å². The first-order valence-electron chi connectivity index (χ1n) is 5.62. The van der Waals surface area contributed by atoms with Gasteiger partial charge in [0.2, 0.25) is 0 Å². The Morgan fingerprint density at radius 1 is 1.18 bits per heavy atom. The van der Waals surface area contributed by atoms with Gasteiger partial charge in [-0.15, -0.1) is 13.2 Å². The van der Waals surface area contributed by atoms with Crippen LogP contribution in [0, 0.1) is 0 Å². The molecule has 1 aromatic heterocycles. The van der Waals surface area contributed by atoms with E-state index in [0.717, 1.165) is 12.1 Å². The number of carbonyl (C=O) groups excluding carboxylic acids is 1. The Hall–Kier alpha value is -2.32. The Morgan fingerprint density at radius 3 is 2.32 bits per heavy atom. The molecule has 22 heavy (non-hydrogen) atoms. The average Bonchev–Trinajstić information content (AvgIpc) is 2.46. The fraction of sp³-hybridized carbons (Fsp3) is 0.0769. The third-order valence-electron chi connectivity index (χ3n) is 2.24. The second kappa shape index (κ2) is 7.62. The van der Waals surface area contributed by atoms with Gasteiger partial charge in [-0.1, -0.05) is 23.7 Å². The zero-order chi connectivity index (χ0) is 16.8. The summed E-state index contributed by atoms with van der Waals surface area (Å²) in [5.74, 6) is -0.813. The summed E-state index contributed by atoms with van der Waals surface area (Å²) in [5.41, 5.74) is -0.847. The van der Waals surface area contributed by atoms with Crippen LogP contribution < -0.4 is 5.56 Å². The molecule has 2 aromatic rings. The molecule has 0 aliphatic rings. The smallest absolute Gasteiger partial charge is 0.296 e. The molecule has 0 saturated heterocycles. The first-order valence-corrected chi connectivity index (χ1v) is 5.99. The number of carbonyl (C=O) groups is 1. The maximum absolute atomic E-state index is 11.8. The summed E-state index contributed by atoms with van der Waals surface area (Å²) in [7, 11) is 0. The third kappa shape index (κ3) is 5.23. The molecule has 0 amide bonds. The number of alkyl halides is 3. The standard InChI is InChI=1S/C7H5ClO3.C6H4F3NO/c8-6-3-1-2-5(4-6)7(9)11-10;7-6(8,9)10-4-2-1-3-5(10)11/h1-4,10H;1-4H. The van der Waals surface area contributed by atoms with E-state index >= 15 is 0 Å². The molecule has 0 aliphatic carbocycles. The summed E-state index contributed by atoms with van der Waals surface area (Å²) in [4.78, 5) is 24.6. The molecular formula is C13H9ClF3NO4. The van der Waals surface area contributed by atoms with Crippen molar-refractivity contribution in [3.05, 3.63) is 69.6 Å². The van der Waals surface area contributed by atoms with Gasteiger partial charge < -0.3 is 0 Å². The van der Waals surface area contributed by atoms with Crippen LogP contribution >= 0.6 is 11.6 Å². The molecule has 1 N–H and O–H groups in total. The predicted molar refractivity (Wildman–Crippen MR) is 71.5 cm³/mol. The molecule has 1 aromatic carbocycles. The molecule has 0 spiro atoms. The van der Waals surface area contributed by atoms with Crippen LogP contribution in [0.25, 0.3) is 0 Å². The van der Waals surface area contributed by atoms with Gasteiger partial charge in [0.05, 0.1) is 5.56 Å². The summed E-state index contributed by atoms with van der Waals surface area (Å²) in [6.45, 7) is 0. The van der Waals surface area contributed by atoms with Crippen molar-refractivity contribution in [1.29, 1.82) is 0 Å². The number of pyridine rings is 1. The number of benzene rings is 1. The monoisotopic (exact) mass is 335 g/mol. The van der Waals surface area contributed by atoms with Gasteiger partial charge in [-0.25, -0.2) is 9.36 Å². The number of hydrogen-bond donors (Lipinski definition) is 1. The Labute approximate surface area is 127 Å². The summed E-state index contributed by atoms with van der Waals surface area (Å²) >= 11 is 5.56. The van der Waals surface area contributed by atoms with E-state index in [4.69, 9.17) is 16.9 Å². The molecule has 0 radical (unpaired) electrons. The van der Waals surface area contributed by atoms with E-state index in [0.29, 0.717) is 11.2 Å². The summed E-state index contributed by atoms with van der Waals surface area (Å²) in [6.07, 6.45) is -3.93. The Morgan fingerprint density at radius 2 is 1.86 bits per heavy atom. The zero-order valence-corrected chi connectivity index (χ0v) is 11.5. The molecule has 0 bridgehead atoms. The van der Waals surface area contributed by atoms with Gasteiger partial charge in [-0.3, -0.25) is 9.68 Å². The molecule has 0 fully saturated rings. The summed E-state index contributed by atoms with van der Waals surface area (Å²) in [5, 5.41) is 8.41. The first-order chi connectivity index (χ1) is 10.3. The van der Waals surface area contributed by atoms with Crippen LogP contribution in [-0.4, -0.2) is 15.8 Å². The lowest BCUT2D eigenvalue weighted by atomic mass is 10.2. The van der Waals surface area contributed by atoms with Crippen LogP contribution in [0.4, 0.5) is 13.2 Å². The van der Waals surface area contributed by atoms with Gasteiger partial charge in [0.1, 0.15) is 0 Å². The normalized spacial score (nSPS) is 10.4. The number of rotatable bonds is 1.